The second-order valence-electron chi connectivity index (χ2n) is 4.90. The fourth-order valence-corrected chi connectivity index (χ4v) is 2.28. The van der Waals surface area contributed by atoms with Gasteiger partial charge in [0.05, 0.1) is 6.42 Å². The Balaban J connectivity index is 1.74. The molecule has 0 bridgehead atoms. The number of hydrogen-bond acceptors (Lipinski definition) is 4. The predicted octanol–water partition coefficient (Wildman–Crippen LogP) is 0.786. The van der Waals surface area contributed by atoms with E-state index < -0.39 is 6.04 Å². The molecule has 3 rings (SSSR count). The van der Waals surface area contributed by atoms with Gasteiger partial charge in [-0.1, -0.05) is 30.3 Å². The van der Waals surface area contributed by atoms with Crippen molar-refractivity contribution in [1.29, 1.82) is 0 Å². The van der Waals surface area contributed by atoms with E-state index >= 15 is 0 Å². The van der Waals surface area contributed by atoms with Crippen LogP contribution < -0.4 is 10.6 Å². The average Bonchev–Trinajstić information content (AvgIpc) is 2.85. The molecule has 1 atom stereocenters. The molecular formula is C14H15N5O2. The standard InChI is InChI=1S/C14H15N5O2/c1-9-16-14-17-12(20)7-11(19(14)18-9)13(21)15-8-10-5-3-2-4-6-10/h2-6,11H,7-8H2,1H3,(H,15,21)(H,16,17,18,20)/t11-/m1/s1. The zero-order valence-electron chi connectivity index (χ0n) is 11.5. The first kappa shape index (κ1) is 13.3. The van der Waals surface area contributed by atoms with Crippen molar-refractivity contribution in [3.05, 3.63) is 41.7 Å². The first-order chi connectivity index (χ1) is 10.1. The maximum absolute atomic E-state index is 12.3. The molecule has 0 saturated heterocycles. The molecule has 0 saturated carbocycles. The van der Waals surface area contributed by atoms with E-state index in [0.717, 1.165) is 5.56 Å². The maximum Gasteiger partial charge on any atom is 0.245 e. The van der Waals surface area contributed by atoms with E-state index in [1.807, 2.05) is 30.3 Å². The van der Waals surface area contributed by atoms with Crippen molar-refractivity contribution in [2.24, 2.45) is 0 Å². The summed E-state index contributed by atoms with van der Waals surface area (Å²) in [5.41, 5.74) is 1.00. The van der Waals surface area contributed by atoms with Crippen molar-refractivity contribution in [1.82, 2.24) is 20.1 Å². The number of nitrogens with one attached hydrogen (secondary N) is 2. The van der Waals surface area contributed by atoms with E-state index in [4.69, 9.17) is 0 Å². The summed E-state index contributed by atoms with van der Waals surface area (Å²) in [6, 6.07) is 8.95. The van der Waals surface area contributed by atoms with Crippen molar-refractivity contribution in [2.45, 2.75) is 25.9 Å². The van der Waals surface area contributed by atoms with Gasteiger partial charge >= 0.3 is 0 Å². The number of carbonyl (C=O) groups excluding carboxylic acids is 2. The minimum atomic E-state index is -0.654. The summed E-state index contributed by atoms with van der Waals surface area (Å²) in [4.78, 5) is 28.1. The SMILES string of the molecule is Cc1nc2n(n1)[C@@H](C(=O)NCc1ccccc1)CC(=O)N2. The highest BCUT2D eigenvalue weighted by atomic mass is 16.2. The van der Waals surface area contributed by atoms with Crippen molar-refractivity contribution < 1.29 is 9.59 Å². The minimum Gasteiger partial charge on any atom is -0.350 e. The molecular weight excluding hydrogens is 270 g/mol. The lowest BCUT2D eigenvalue weighted by atomic mass is 10.1. The van der Waals surface area contributed by atoms with Crippen LogP contribution in [0.15, 0.2) is 30.3 Å². The molecule has 0 radical (unpaired) electrons. The molecule has 0 aliphatic carbocycles. The predicted molar refractivity (Wildman–Crippen MR) is 75.3 cm³/mol. The van der Waals surface area contributed by atoms with E-state index in [2.05, 4.69) is 20.7 Å². The number of rotatable bonds is 3. The van der Waals surface area contributed by atoms with Crippen LogP contribution in [0.3, 0.4) is 0 Å². The van der Waals surface area contributed by atoms with Crippen LogP contribution >= 0.6 is 0 Å². The Kier molecular flexibility index (Phi) is 3.39. The third kappa shape index (κ3) is 2.76. The topological polar surface area (TPSA) is 88.9 Å². The molecule has 2 heterocycles. The molecule has 2 N–H and O–H groups in total. The molecule has 108 valence electrons. The summed E-state index contributed by atoms with van der Waals surface area (Å²) in [5, 5.41) is 9.61. The Labute approximate surface area is 121 Å². The monoisotopic (exact) mass is 285 g/mol. The van der Waals surface area contributed by atoms with Gasteiger partial charge in [-0.3, -0.25) is 14.9 Å². The van der Waals surface area contributed by atoms with Crippen molar-refractivity contribution in [3.8, 4) is 0 Å². The second kappa shape index (κ2) is 5.35. The molecule has 1 aromatic heterocycles. The van der Waals surface area contributed by atoms with Gasteiger partial charge in [0, 0.05) is 6.54 Å². The Morgan fingerprint density at radius 2 is 2.19 bits per heavy atom. The van der Waals surface area contributed by atoms with Crippen LogP contribution in [0.1, 0.15) is 23.9 Å². The van der Waals surface area contributed by atoms with Crippen molar-refractivity contribution >= 4 is 17.8 Å². The second-order valence-corrected chi connectivity index (χ2v) is 4.90. The number of nitrogens with zero attached hydrogens (tertiary/aromatic N) is 3. The van der Waals surface area contributed by atoms with Gasteiger partial charge in [-0.15, -0.1) is 0 Å². The third-order valence-corrected chi connectivity index (χ3v) is 3.27. The molecule has 1 aromatic carbocycles. The average molecular weight is 285 g/mol. The fraction of sp³-hybridized carbons (Fsp3) is 0.286. The molecule has 0 fully saturated rings. The summed E-state index contributed by atoms with van der Waals surface area (Å²) in [5.74, 6) is 0.381. The van der Waals surface area contributed by atoms with E-state index in [0.29, 0.717) is 18.3 Å². The Hall–Kier alpha value is -2.70. The molecule has 2 aromatic rings. The van der Waals surface area contributed by atoms with Crippen LogP contribution in [0.4, 0.5) is 5.95 Å². The summed E-state index contributed by atoms with van der Waals surface area (Å²) >= 11 is 0. The molecule has 7 nitrogen and oxygen atoms in total. The smallest absolute Gasteiger partial charge is 0.245 e. The van der Waals surface area contributed by atoms with Gasteiger partial charge in [0.15, 0.2) is 0 Å². The Bertz CT molecular complexity index is 680. The highest BCUT2D eigenvalue weighted by Gasteiger charge is 2.32. The van der Waals surface area contributed by atoms with Gasteiger partial charge in [-0.2, -0.15) is 10.1 Å². The van der Waals surface area contributed by atoms with Crippen molar-refractivity contribution in [3.63, 3.8) is 0 Å². The lowest BCUT2D eigenvalue weighted by Crippen LogP contribution is -2.39. The zero-order chi connectivity index (χ0) is 14.8. The van der Waals surface area contributed by atoms with Crippen LogP contribution in [-0.2, 0) is 16.1 Å². The van der Waals surface area contributed by atoms with Gasteiger partial charge in [-0.25, -0.2) is 4.68 Å². The number of amides is 2. The summed E-state index contributed by atoms with van der Waals surface area (Å²) in [7, 11) is 0. The lowest BCUT2D eigenvalue weighted by Gasteiger charge is -2.22. The van der Waals surface area contributed by atoms with E-state index in [1.165, 1.54) is 4.68 Å². The molecule has 1 aliphatic rings. The molecule has 21 heavy (non-hydrogen) atoms. The molecule has 2 amide bonds. The molecule has 7 heteroatoms. The molecule has 0 unspecified atom stereocenters. The Morgan fingerprint density at radius 1 is 1.43 bits per heavy atom. The number of hydrogen-bond donors (Lipinski definition) is 2. The van der Waals surface area contributed by atoms with Gasteiger partial charge in [0.1, 0.15) is 11.9 Å². The fourth-order valence-electron chi connectivity index (χ4n) is 2.28. The number of anilines is 1. The van der Waals surface area contributed by atoms with Crippen molar-refractivity contribution in [2.75, 3.05) is 5.32 Å². The highest BCUT2D eigenvalue weighted by Crippen LogP contribution is 2.22. The minimum absolute atomic E-state index is 0.0659. The number of aryl methyl sites for hydroxylation is 1. The molecule has 0 spiro atoms. The van der Waals surface area contributed by atoms with E-state index in [-0.39, 0.29) is 18.2 Å². The van der Waals surface area contributed by atoms with Gasteiger partial charge in [0.2, 0.25) is 17.8 Å². The van der Waals surface area contributed by atoms with Crippen LogP contribution in [0, 0.1) is 6.92 Å². The van der Waals surface area contributed by atoms with Gasteiger partial charge in [-0.05, 0) is 12.5 Å². The number of benzene rings is 1. The van der Waals surface area contributed by atoms with E-state index in [1.54, 1.807) is 6.92 Å². The maximum atomic E-state index is 12.3. The van der Waals surface area contributed by atoms with Crippen LogP contribution in [0.25, 0.3) is 0 Å². The van der Waals surface area contributed by atoms with Crippen LogP contribution in [-0.4, -0.2) is 26.6 Å². The number of aromatic nitrogens is 3. The Morgan fingerprint density at radius 3 is 2.95 bits per heavy atom. The third-order valence-electron chi connectivity index (χ3n) is 3.27. The quantitative estimate of drug-likeness (QED) is 0.872. The van der Waals surface area contributed by atoms with Crippen LogP contribution in [0.5, 0.6) is 0 Å². The van der Waals surface area contributed by atoms with Crippen LogP contribution in [0.2, 0.25) is 0 Å². The summed E-state index contributed by atoms with van der Waals surface area (Å²) in [6.45, 7) is 2.14. The zero-order valence-corrected chi connectivity index (χ0v) is 11.5. The molecule has 1 aliphatic heterocycles. The normalized spacial score (nSPS) is 17.0. The van der Waals surface area contributed by atoms with Gasteiger partial charge < -0.3 is 5.32 Å². The lowest BCUT2D eigenvalue weighted by molar-refractivity contribution is -0.129. The largest absolute Gasteiger partial charge is 0.350 e. The first-order valence-corrected chi connectivity index (χ1v) is 6.68. The van der Waals surface area contributed by atoms with E-state index in [9.17, 15) is 9.59 Å². The highest BCUT2D eigenvalue weighted by molar-refractivity contribution is 5.96. The number of fused-ring (bicyclic) bond motifs is 1. The number of carbonyl (C=O) groups is 2. The summed E-state index contributed by atoms with van der Waals surface area (Å²) < 4.78 is 1.47. The first-order valence-electron chi connectivity index (χ1n) is 6.68. The van der Waals surface area contributed by atoms with Gasteiger partial charge in [0.25, 0.3) is 0 Å². The summed E-state index contributed by atoms with van der Waals surface area (Å²) in [6.07, 6.45) is 0.0659.